The van der Waals surface area contributed by atoms with E-state index in [1.165, 1.54) is 12.8 Å². The summed E-state index contributed by atoms with van der Waals surface area (Å²) in [5.41, 5.74) is 1.65. The van der Waals surface area contributed by atoms with E-state index < -0.39 is 6.10 Å². The van der Waals surface area contributed by atoms with E-state index in [0.29, 0.717) is 24.6 Å². The lowest BCUT2D eigenvalue weighted by Crippen LogP contribution is -2.35. The molecule has 0 saturated heterocycles. The molecule has 0 bridgehead atoms. The molecule has 1 aliphatic rings. The average molecular weight is 277 g/mol. The zero-order chi connectivity index (χ0) is 14.4. The molecule has 2 rings (SSSR count). The van der Waals surface area contributed by atoms with E-state index in [1.807, 2.05) is 12.1 Å². The van der Waals surface area contributed by atoms with Gasteiger partial charge in [0.1, 0.15) is 0 Å². The molecule has 1 amide bonds. The number of hydrogen-bond donors (Lipinski definition) is 2. The van der Waals surface area contributed by atoms with Crippen LogP contribution < -0.4 is 5.32 Å². The minimum atomic E-state index is -0.422. The first kappa shape index (κ1) is 15.0. The largest absolute Gasteiger partial charge is 0.391 e. The number of aliphatic hydroxyl groups excluding tert-OH is 1. The van der Waals surface area contributed by atoms with Crippen molar-refractivity contribution in [3.05, 3.63) is 35.4 Å². The number of benzene rings is 1. The predicted octanol–water partition coefficient (Wildman–Crippen LogP) is 2.11. The molecule has 110 valence electrons. The third-order valence-electron chi connectivity index (χ3n) is 3.94. The summed E-state index contributed by atoms with van der Waals surface area (Å²) < 4.78 is 5.03. The van der Waals surface area contributed by atoms with E-state index in [4.69, 9.17) is 4.74 Å². The van der Waals surface area contributed by atoms with Gasteiger partial charge < -0.3 is 15.2 Å². The Hall–Kier alpha value is -1.39. The molecule has 1 unspecified atom stereocenters. The molecule has 0 aromatic heterocycles. The normalized spacial score (nSPS) is 17.1. The van der Waals surface area contributed by atoms with Crippen LogP contribution in [0.3, 0.4) is 0 Å². The van der Waals surface area contributed by atoms with Crippen molar-refractivity contribution in [3.63, 3.8) is 0 Å². The number of nitrogens with one attached hydrogen (secondary N) is 1. The Bertz CT molecular complexity index is 424. The third kappa shape index (κ3) is 4.05. The Morgan fingerprint density at radius 2 is 2.00 bits per heavy atom. The Morgan fingerprint density at radius 1 is 1.35 bits per heavy atom. The second kappa shape index (κ2) is 7.41. The molecule has 1 fully saturated rings. The zero-order valence-corrected chi connectivity index (χ0v) is 12.0. The fraction of sp³-hybridized carbons (Fsp3) is 0.562. The third-order valence-corrected chi connectivity index (χ3v) is 3.94. The van der Waals surface area contributed by atoms with Crippen molar-refractivity contribution in [2.45, 2.75) is 38.4 Å². The highest BCUT2D eigenvalue weighted by molar-refractivity contribution is 5.94. The van der Waals surface area contributed by atoms with Crippen LogP contribution >= 0.6 is 0 Å². The first-order chi connectivity index (χ1) is 9.70. The average Bonchev–Trinajstić information content (AvgIpc) is 3.00. The quantitative estimate of drug-likeness (QED) is 0.837. The van der Waals surface area contributed by atoms with Crippen molar-refractivity contribution in [1.29, 1.82) is 0 Å². The Kier molecular flexibility index (Phi) is 5.56. The van der Waals surface area contributed by atoms with Gasteiger partial charge in [0.05, 0.1) is 12.7 Å². The van der Waals surface area contributed by atoms with Crippen molar-refractivity contribution in [2.75, 3.05) is 13.7 Å². The summed E-state index contributed by atoms with van der Waals surface area (Å²) in [5, 5.41) is 12.8. The SMILES string of the molecule is COCc1ccc(C(=O)NCC(O)C2CCCC2)cc1. The van der Waals surface area contributed by atoms with Crippen LogP contribution in [-0.2, 0) is 11.3 Å². The van der Waals surface area contributed by atoms with E-state index in [1.54, 1.807) is 19.2 Å². The van der Waals surface area contributed by atoms with Gasteiger partial charge in [0.15, 0.2) is 0 Å². The molecule has 4 nitrogen and oxygen atoms in total. The smallest absolute Gasteiger partial charge is 0.251 e. The van der Waals surface area contributed by atoms with E-state index in [9.17, 15) is 9.90 Å². The molecular formula is C16H23NO3. The maximum Gasteiger partial charge on any atom is 0.251 e. The number of rotatable bonds is 6. The van der Waals surface area contributed by atoms with E-state index in [2.05, 4.69) is 5.32 Å². The summed E-state index contributed by atoms with van der Waals surface area (Å²) in [4.78, 5) is 12.0. The lowest BCUT2D eigenvalue weighted by molar-refractivity contribution is 0.0840. The molecule has 1 saturated carbocycles. The van der Waals surface area contributed by atoms with Gasteiger partial charge in [0, 0.05) is 19.2 Å². The van der Waals surface area contributed by atoms with E-state index in [-0.39, 0.29) is 5.91 Å². The van der Waals surface area contributed by atoms with Gasteiger partial charge in [-0.15, -0.1) is 0 Å². The van der Waals surface area contributed by atoms with E-state index >= 15 is 0 Å². The molecule has 1 aromatic rings. The van der Waals surface area contributed by atoms with Crippen LogP contribution in [0.4, 0.5) is 0 Å². The number of carbonyl (C=O) groups is 1. The molecule has 1 atom stereocenters. The second-order valence-corrected chi connectivity index (χ2v) is 5.45. The first-order valence-electron chi connectivity index (χ1n) is 7.25. The van der Waals surface area contributed by atoms with Gasteiger partial charge >= 0.3 is 0 Å². The Balaban J connectivity index is 1.81. The van der Waals surface area contributed by atoms with Gasteiger partial charge in [-0.25, -0.2) is 0 Å². The van der Waals surface area contributed by atoms with Crippen molar-refractivity contribution < 1.29 is 14.6 Å². The molecule has 4 heteroatoms. The highest BCUT2D eigenvalue weighted by Crippen LogP contribution is 2.27. The molecule has 0 aliphatic heterocycles. The zero-order valence-electron chi connectivity index (χ0n) is 12.0. The fourth-order valence-electron chi connectivity index (χ4n) is 2.73. The minimum Gasteiger partial charge on any atom is -0.391 e. The van der Waals surface area contributed by atoms with Gasteiger partial charge in [0.25, 0.3) is 5.91 Å². The molecule has 0 heterocycles. The van der Waals surface area contributed by atoms with Crippen molar-refractivity contribution in [1.82, 2.24) is 5.32 Å². The molecule has 1 aromatic carbocycles. The first-order valence-corrected chi connectivity index (χ1v) is 7.25. The van der Waals surface area contributed by atoms with Crippen molar-refractivity contribution in [3.8, 4) is 0 Å². The molecular weight excluding hydrogens is 254 g/mol. The monoisotopic (exact) mass is 277 g/mol. The summed E-state index contributed by atoms with van der Waals surface area (Å²) in [6.07, 6.45) is 4.10. The number of hydrogen-bond acceptors (Lipinski definition) is 3. The van der Waals surface area contributed by atoms with Crippen LogP contribution in [0.25, 0.3) is 0 Å². The Labute approximate surface area is 120 Å². The highest BCUT2D eigenvalue weighted by Gasteiger charge is 2.23. The summed E-state index contributed by atoms with van der Waals surface area (Å²) in [5.74, 6) is 0.213. The molecule has 0 spiro atoms. The summed E-state index contributed by atoms with van der Waals surface area (Å²) in [6.45, 7) is 0.881. The summed E-state index contributed by atoms with van der Waals surface area (Å²) in [6, 6.07) is 7.33. The number of amides is 1. The van der Waals surface area contributed by atoms with Crippen LogP contribution in [0, 0.1) is 5.92 Å². The second-order valence-electron chi connectivity index (χ2n) is 5.45. The summed E-state index contributed by atoms with van der Waals surface area (Å²) in [7, 11) is 1.64. The predicted molar refractivity (Wildman–Crippen MR) is 77.5 cm³/mol. The van der Waals surface area contributed by atoms with Crippen molar-refractivity contribution >= 4 is 5.91 Å². The molecule has 20 heavy (non-hydrogen) atoms. The molecule has 2 N–H and O–H groups in total. The lowest BCUT2D eigenvalue weighted by Gasteiger charge is -2.18. The number of carbonyl (C=O) groups excluding carboxylic acids is 1. The molecule has 0 radical (unpaired) electrons. The lowest BCUT2D eigenvalue weighted by atomic mass is 10.0. The topological polar surface area (TPSA) is 58.6 Å². The van der Waals surface area contributed by atoms with Crippen LogP contribution in [-0.4, -0.2) is 30.8 Å². The van der Waals surface area contributed by atoms with Crippen LogP contribution in [0.2, 0.25) is 0 Å². The van der Waals surface area contributed by atoms with Gasteiger partial charge in [-0.3, -0.25) is 4.79 Å². The van der Waals surface area contributed by atoms with Gasteiger partial charge in [-0.1, -0.05) is 25.0 Å². The van der Waals surface area contributed by atoms with Gasteiger partial charge in [-0.2, -0.15) is 0 Å². The van der Waals surface area contributed by atoms with Crippen LogP contribution in [0.1, 0.15) is 41.6 Å². The van der Waals surface area contributed by atoms with Crippen LogP contribution in [0.15, 0.2) is 24.3 Å². The van der Waals surface area contributed by atoms with Gasteiger partial charge in [-0.05, 0) is 36.5 Å². The minimum absolute atomic E-state index is 0.133. The number of aliphatic hydroxyl groups is 1. The standard InChI is InChI=1S/C16H23NO3/c1-20-11-12-6-8-14(9-7-12)16(19)17-10-15(18)13-4-2-3-5-13/h6-9,13,15,18H,2-5,10-11H2,1H3,(H,17,19). The fourth-order valence-corrected chi connectivity index (χ4v) is 2.73. The summed E-state index contributed by atoms with van der Waals surface area (Å²) >= 11 is 0. The van der Waals surface area contributed by atoms with Crippen LogP contribution in [0.5, 0.6) is 0 Å². The maximum absolute atomic E-state index is 12.0. The maximum atomic E-state index is 12.0. The van der Waals surface area contributed by atoms with E-state index in [0.717, 1.165) is 18.4 Å². The number of ether oxygens (including phenoxy) is 1. The van der Waals surface area contributed by atoms with Crippen molar-refractivity contribution in [2.24, 2.45) is 5.92 Å². The number of methoxy groups -OCH3 is 1. The van der Waals surface area contributed by atoms with Gasteiger partial charge in [0.2, 0.25) is 0 Å². The Morgan fingerprint density at radius 3 is 2.60 bits per heavy atom. The molecule has 1 aliphatic carbocycles. The highest BCUT2D eigenvalue weighted by atomic mass is 16.5.